The molecule has 0 saturated heterocycles. The molecule has 0 aromatic carbocycles. The largest absolute Gasteiger partial charge is 0.120 e. The van der Waals surface area contributed by atoms with E-state index in [2.05, 4.69) is 26.3 Å². The highest BCUT2D eigenvalue weighted by molar-refractivity contribution is 5.00. The number of hydrogen-bond donors (Lipinski definition) is 0. The summed E-state index contributed by atoms with van der Waals surface area (Å²) in [5, 5.41) is 0. The summed E-state index contributed by atoms with van der Waals surface area (Å²) in [6.07, 6.45) is 10.6. The molecule has 0 bridgehead atoms. The summed E-state index contributed by atoms with van der Waals surface area (Å²) >= 11 is 0. The van der Waals surface area contributed by atoms with Crippen LogP contribution in [0.4, 0.5) is 0 Å². The van der Waals surface area contributed by atoms with Crippen LogP contribution in [0.25, 0.3) is 0 Å². The topological polar surface area (TPSA) is 0 Å². The fourth-order valence-corrected chi connectivity index (χ4v) is 0.761. The number of rotatable bonds is 4. The quantitative estimate of drug-likeness (QED) is 0.316. The van der Waals surface area contributed by atoms with Crippen LogP contribution >= 0.6 is 0 Å². The zero-order valence-corrected chi connectivity index (χ0v) is 6.98. The molecule has 0 unspecified atom stereocenters. The SMILES string of the molecule is C#CC(C)(C)CCCC=C. The first-order chi connectivity index (χ1) is 4.62. The normalized spacial score (nSPS) is 10.5. The first kappa shape index (κ1) is 9.30. The molecule has 0 N–H and O–H groups in total. The van der Waals surface area contributed by atoms with Gasteiger partial charge < -0.3 is 0 Å². The van der Waals surface area contributed by atoms with Gasteiger partial charge in [0, 0.05) is 5.41 Å². The molecule has 0 heterocycles. The van der Waals surface area contributed by atoms with Crippen molar-refractivity contribution in [2.75, 3.05) is 0 Å². The van der Waals surface area contributed by atoms with Gasteiger partial charge in [-0.2, -0.15) is 0 Å². The Morgan fingerprint density at radius 3 is 2.60 bits per heavy atom. The molecule has 0 heteroatoms. The maximum absolute atomic E-state index is 5.31. The molecule has 0 aromatic rings. The van der Waals surface area contributed by atoms with E-state index in [-0.39, 0.29) is 5.41 Å². The summed E-state index contributed by atoms with van der Waals surface area (Å²) < 4.78 is 0. The third kappa shape index (κ3) is 4.21. The molecule has 0 aromatic heterocycles. The molecular formula is C10H16. The summed E-state index contributed by atoms with van der Waals surface area (Å²) in [5.41, 5.74) is 0.0724. The lowest BCUT2D eigenvalue weighted by Crippen LogP contribution is -2.06. The van der Waals surface area contributed by atoms with Gasteiger partial charge in [0.15, 0.2) is 0 Å². The third-order valence-electron chi connectivity index (χ3n) is 1.60. The van der Waals surface area contributed by atoms with Crippen molar-refractivity contribution in [3.63, 3.8) is 0 Å². The van der Waals surface area contributed by atoms with Crippen molar-refractivity contribution in [3.8, 4) is 12.3 Å². The molecule has 0 radical (unpaired) electrons. The van der Waals surface area contributed by atoms with Crippen molar-refractivity contribution in [2.24, 2.45) is 5.41 Å². The summed E-state index contributed by atoms with van der Waals surface area (Å²) in [7, 11) is 0. The van der Waals surface area contributed by atoms with Crippen LogP contribution in [0, 0.1) is 17.8 Å². The van der Waals surface area contributed by atoms with Crippen molar-refractivity contribution < 1.29 is 0 Å². The highest BCUT2D eigenvalue weighted by atomic mass is 14.1. The van der Waals surface area contributed by atoms with E-state index in [1.165, 1.54) is 0 Å². The van der Waals surface area contributed by atoms with Gasteiger partial charge in [-0.3, -0.25) is 0 Å². The Morgan fingerprint density at radius 2 is 2.20 bits per heavy atom. The van der Waals surface area contributed by atoms with E-state index < -0.39 is 0 Å². The van der Waals surface area contributed by atoms with Gasteiger partial charge in [-0.15, -0.1) is 18.9 Å². The van der Waals surface area contributed by atoms with Gasteiger partial charge in [-0.1, -0.05) is 6.08 Å². The predicted octanol–water partition coefficient (Wildman–Crippen LogP) is 3.00. The minimum atomic E-state index is 0.0724. The molecule has 0 fully saturated rings. The first-order valence-electron chi connectivity index (χ1n) is 3.71. The van der Waals surface area contributed by atoms with E-state index in [4.69, 9.17) is 6.42 Å². The highest BCUT2D eigenvalue weighted by Crippen LogP contribution is 2.21. The van der Waals surface area contributed by atoms with Crippen molar-refractivity contribution in [1.29, 1.82) is 0 Å². The van der Waals surface area contributed by atoms with Crippen LogP contribution in [0.15, 0.2) is 12.7 Å². The van der Waals surface area contributed by atoms with Gasteiger partial charge in [0.2, 0.25) is 0 Å². The maximum atomic E-state index is 5.31. The lowest BCUT2D eigenvalue weighted by Gasteiger charge is -2.15. The molecule has 10 heavy (non-hydrogen) atoms. The van der Waals surface area contributed by atoms with Crippen molar-refractivity contribution in [2.45, 2.75) is 33.1 Å². The molecule has 0 rings (SSSR count). The fourth-order valence-electron chi connectivity index (χ4n) is 0.761. The Kier molecular flexibility index (Phi) is 3.88. The van der Waals surface area contributed by atoms with Gasteiger partial charge in [0.05, 0.1) is 0 Å². The first-order valence-corrected chi connectivity index (χ1v) is 3.71. The highest BCUT2D eigenvalue weighted by Gasteiger charge is 2.11. The van der Waals surface area contributed by atoms with E-state index in [9.17, 15) is 0 Å². The summed E-state index contributed by atoms with van der Waals surface area (Å²) in [6.45, 7) is 7.84. The number of allylic oxidation sites excluding steroid dienone is 1. The zero-order valence-electron chi connectivity index (χ0n) is 6.98. The van der Waals surface area contributed by atoms with Crippen LogP contribution in [-0.4, -0.2) is 0 Å². The van der Waals surface area contributed by atoms with Crippen molar-refractivity contribution in [3.05, 3.63) is 12.7 Å². The summed E-state index contributed by atoms with van der Waals surface area (Å²) in [5.74, 6) is 2.77. The van der Waals surface area contributed by atoms with E-state index in [0.717, 1.165) is 19.3 Å². The van der Waals surface area contributed by atoms with Gasteiger partial charge >= 0.3 is 0 Å². The maximum Gasteiger partial charge on any atom is 0.0255 e. The molecule has 56 valence electrons. The van der Waals surface area contributed by atoms with Crippen LogP contribution in [0.2, 0.25) is 0 Å². The standard InChI is InChI=1S/C10H16/c1-5-7-8-9-10(3,4)6-2/h2,5H,1,7-9H2,3-4H3. The van der Waals surface area contributed by atoms with Gasteiger partial charge in [0.25, 0.3) is 0 Å². The number of terminal acetylenes is 1. The molecule has 0 aliphatic heterocycles. The van der Waals surface area contributed by atoms with E-state index in [1.54, 1.807) is 0 Å². The Morgan fingerprint density at radius 1 is 1.60 bits per heavy atom. The lowest BCUT2D eigenvalue weighted by atomic mass is 9.88. The Labute approximate surface area is 64.3 Å². The van der Waals surface area contributed by atoms with E-state index >= 15 is 0 Å². The molecule has 0 nitrogen and oxygen atoms in total. The minimum Gasteiger partial charge on any atom is -0.120 e. The number of unbranched alkanes of at least 4 members (excludes halogenated alkanes) is 1. The summed E-state index contributed by atoms with van der Waals surface area (Å²) in [6, 6.07) is 0. The molecule has 0 aliphatic carbocycles. The molecular weight excluding hydrogens is 120 g/mol. The average Bonchev–Trinajstić information content (AvgIpc) is 1.89. The van der Waals surface area contributed by atoms with Crippen LogP contribution in [-0.2, 0) is 0 Å². The van der Waals surface area contributed by atoms with E-state index in [1.807, 2.05) is 6.08 Å². The average molecular weight is 136 g/mol. The Bertz CT molecular complexity index is 135. The van der Waals surface area contributed by atoms with Crippen LogP contribution in [0.1, 0.15) is 33.1 Å². The molecule has 0 spiro atoms. The third-order valence-corrected chi connectivity index (χ3v) is 1.60. The molecule has 0 aliphatic rings. The van der Waals surface area contributed by atoms with Crippen molar-refractivity contribution in [1.82, 2.24) is 0 Å². The second kappa shape index (κ2) is 4.17. The second-order valence-corrected chi connectivity index (χ2v) is 3.21. The predicted molar refractivity (Wildman–Crippen MR) is 46.7 cm³/mol. The zero-order chi connectivity index (χ0) is 8.04. The Hall–Kier alpha value is -0.700. The van der Waals surface area contributed by atoms with Gasteiger partial charge in [-0.05, 0) is 33.1 Å². The smallest absolute Gasteiger partial charge is 0.0255 e. The molecule has 0 amide bonds. The monoisotopic (exact) mass is 136 g/mol. The van der Waals surface area contributed by atoms with Crippen LogP contribution in [0.5, 0.6) is 0 Å². The van der Waals surface area contributed by atoms with Crippen molar-refractivity contribution >= 4 is 0 Å². The Balaban J connectivity index is 3.49. The fraction of sp³-hybridized carbons (Fsp3) is 0.600. The second-order valence-electron chi connectivity index (χ2n) is 3.21. The van der Waals surface area contributed by atoms with Gasteiger partial charge in [0.1, 0.15) is 0 Å². The van der Waals surface area contributed by atoms with E-state index in [0.29, 0.717) is 0 Å². The van der Waals surface area contributed by atoms with Gasteiger partial charge in [-0.25, -0.2) is 0 Å². The number of hydrogen-bond acceptors (Lipinski definition) is 0. The lowest BCUT2D eigenvalue weighted by molar-refractivity contribution is 0.443. The van der Waals surface area contributed by atoms with Crippen LogP contribution < -0.4 is 0 Å². The molecule has 0 atom stereocenters. The minimum absolute atomic E-state index is 0.0724. The van der Waals surface area contributed by atoms with Crippen LogP contribution in [0.3, 0.4) is 0 Å². The molecule has 0 saturated carbocycles. The summed E-state index contributed by atoms with van der Waals surface area (Å²) in [4.78, 5) is 0.